The van der Waals surface area contributed by atoms with Crippen LogP contribution >= 0.6 is 0 Å². The highest BCUT2D eigenvalue weighted by atomic mass is 16.7. The lowest BCUT2D eigenvalue weighted by Crippen LogP contribution is -2.40. The fourth-order valence-corrected chi connectivity index (χ4v) is 2.98. The van der Waals surface area contributed by atoms with Crippen LogP contribution in [0.1, 0.15) is 106 Å². The van der Waals surface area contributed by atoms with Crippen LogP contribution in [0.25, 0.3) is 0 Å². The Morgan fingerprint density at radius 3 is 1.52 bits per heavy atom. The Morgan fingerprint density at radius 2 is 1.10 bits per heavy atom. The fraction of sp³-hybridized carbons (Fsp3) is 1.00. The van der Waals surface area contributed by atoms with E-state index >= 15 is 0 Å². The molecule has 2 nitrogen and oxygen atoms in total. The predicted molar refractivity (Wildman–Crippen MR) is 92.7 cm³/mol. The van der Waals surface area contributed by atoms with E-state index in [9.17, 15) is 0 Å². The summed E-state index contributed by atoms with van der Waals surface area (Å²) in [7, 11) is 0. The number of rotatable bonds is 14. The molecular formula is C19H40O2. The average Bonchev–Trinajstić information content (AvgIpc) is 2.36. The smallest absolute Gasteiger partial charge is 0.168 e. The van der Waals surface area contributed by atoms with Crippen molar-refractivity contribution in [2.75, 3.05) is 0 Å². The molecule has 0 heterocycles. The largest absolute Gasteiger partial charge is 0.347 e. The van der Waals surface area contributed by atoms with Crippen molar-refractivity contribution < 1.29 is 9.47 Å². The maximum Gasteiger partial charge on any atom is 0.168 e. The molecule has 0 N–H and O–H groups in total. The van der Waals surface area contributed by atoms with Crippen molar-refractivity contribution in [3.63, 3.8) is 0 Å². The quantitative estimate of drug-likeness (QED) is 0.270. The number of ether oxygens (including phenoxy) is 2. The number of unbranched alkanes of at least 4 members (excludes halogenated alkanes) is 6. The van der Waals surface area contributed by atoms with Crippen LogP contribution < -0.4 is 0 Å². The summed E-state index contributed by atoms with van der Waals surface area (Å²) in [4.78, 5) is 0. The first-order valence-corrected chi connectivity index (χ1v) is 9.31. The van der Waals surface area contributed by atoms with Gasteiger partial charge in [0.15, 0.2) is 5.79 Å². The maximum absolute atomic E-state index is 6.21. The summed E-state index contributed by atoms with van der Waals surface area (Å²) in [6.45, 7) is 12.9. The molecule has 0 atom stereocenters. The van der Waals surface area contributed by atoms with E-state index in [1.54, 1.807) is 0 Å². The molecule has 2 heteroatoms. The molecule has 0 saturated heterocycles. The van der Waals surface area contributed by atoms with Crippen molar-refractivity contribution in [2.45, 2.75) is 124 Å². The van der Waals surface area contributed by atoms with Gasteiger partial charge in [0, 0.05) is 12.8 Å². The van der Waals surface area contributed by atoms with Gasteiger partial charge in [-0.3, -0.25) is 0 Å². The van der Waals surface area contributed by atoms with Gasteiger partial charge in [0.2, 0.25) is 0 Å². The summed E-state index contributed by atoms with van der Waals surface area (Å²) in [6, 6.07) is 0. The van der Waals surface area contributed by atoms with Crippen LogP contribution in [-0.4, -0.2) is 18.0 Å². The fourth-order valence-electron chi connectivity index (χ4n) is 2.98. The molecule has 0 bridgehead atoms. The van der Waals surface area contributed by atoms with E-state index in [1.807, 2.05) is 0 Å². The van der Waals surface area contributed by atoms with Crippen molar-refractivity contribution in [2.24, 2.45) is 0 Å². The minimum Gasteiger partial charge on any atom is -0.347 e. The Hall–Kier alpha value is -0.0800. The van der Waals surface area contributed by atoms with Crippen LogP contribution in [0.3, 0.4) is 0 Å². The normalized spacial score (nSPS) is 12.6. The van der Waals surface area contributed by atoms with Gasteiger partial charge in [0.05, 0.1) is 12.2 Å². The molecule has 21 heavy (non-hydrogen) atoms. The highest BCUT2D eigenvalue weighted by Crippen LogP contribution is 2.30. The Labute approximate surface area is 134 Å². The second kappa shape index (κ2) is 12.5. The van der Waals surface area contributed by atoms with Crippen molar-refractivity contribution >= 4 is 0 Å². The van der Waals surface area contributed by atoms with Crippen LogP contribution in [-0.2, 0) is 9.47 Å². The third-order valence-corrected chi connectivity index (χ3v) is 3.69. The van der Waals surface area contributed by atoms with Crippen LogP contribution in [0.4, 0.5) is 0 Å². The zero-order valence-corrected chi connectivity index (χ0v) is 15.5. The van der Waals surface area contributed by atoms with Crippen molar-refractivity contribution in [3.8, 4) is 0 Å². The van der Waals surface area contributed by atoms with E-state index in [0.29, 0.717) is 0 Å². The van der Waals surface area contributed by atoms with E-state index in [1.165, 1.54) is 44.9 Å². The first-order chi connectivity index (χ1) is 9.95. The molecule has 0 fully saturated rings. The molecule has 0 aliphatic rings. The summed E-state index contributed by atoms with van der Waals surface area (Å²) in [6.07, 6.45) is 12.9. The summed E-state index contributed by atoms with van der Waals surface area (Å²) < 4.78 is 12.4. The lowest BCUT2D eigenvalue weighted by Gasteiger charge is -2.37. The van der Waals surface area contributed by atoms with Gasteiger partial charge in [-0.25, -0.2) is 0 Å². The van der Waals surface area contributed by atoms with E-state index in [-0.39, 0.29) is 18.0 Å². The summed E-state index contributed by atoms with van der Waals surface area (Å²) in [5.74, 6) is -0.361. The zero-order valence-electron chi connectivity index (χ0n) is 15.5. The molecule has 0 amide bonds. The molecule has 128 valence electrons. The zero-order chi connectivity index (χ0) is 16.1. The highest BCUT2D eigenvalue weighted by Gasteiger charge is 2.32. The van der Waals surface area contributed by atoms with E-state index in [4.69, 9.17) is 9.47 Å². The summed E-state index contributed by atoms with van der Waals surface area (Å²) >= 11 is 0. The molecule has 0 aromatic carbocycles. The summed E-state index contributed by atoms with van der Waals surface area (Å²) in [5, 5.41) is 0. The standard InChI is InChI=1S/C19H40O2/c1-7-9-10-11-12-13-14-16-19(15-8-2,20-17(3)4)21-18(5)6/h17-18H,7-16H2,1-6H3. The van der Waals surface area contributed by atoms with Gasteiger partial charge in [-0.05, 0) is 34.1 Å². The first-order valence-electron chi connectivity index (χ1n) is 9.31. The Bertz CT molecular complexity index is 214. The molecule has 0 aromatic rings. The lowest BCUT2D eigenvalue weighted by molar-refractivity contribution is -0.276. The summed E-state index contributed by atoms with van der Waals surface area (Å²) in [5.41, 5.74) is 0. The Balaban J connectivity index is 4.24. The van der Waals surface area contributed by atoms with Crippen molar-refractivity contribution in [3.05, 3.63) is 0 Å². The number of hydrogen-bond acceptors (Lipinski definition) is 2. The van der Waals surface area contributed by atoms with Gasteiger partial charge < -0.3 is 9.47 Å². The van der Waals surface area contributed by atoms with E-state index in [0.717, 1.165) is 19.3 Å². The van der Waals surface area contributed by atoms with Gasteiger partial charge >= 0.3 is 0 Å². The molecule has 0 aliphatic carbocycles. The maximum atomic E-state index is 6.21. The number of hydrogen-bond donors (Lipinski definition) is 0. The van der Waals surface area contributed by atoms with Gasteiger partial charge in [-0.2, -0.15) is 0 Å². The molecule has 0 saturated carbocycles. The van der Waals surface area contributed by atoms with Crippen molar-refractivity contribution in [1.29, 1.82) is 0 Å². The lowest BCUT2D eigenvalue weighted by atomic mass is 10.0. The molecule has 0 spiro atoms. The van der Waals surface area contributed by atoms with E-state index < -0.39 is 0 Å². The van der Waals surface area contributed by atoms with Gasteiger partial charge in [0.25, 0.3) is 0 Å². The monoisotopic (exact) mass is 300 g/mol. The molecule has 0 aromatic heterocycles. The Kier molecular flexibility index (Phi) is 12.4. The minimum absolute atomic E-state index is 0.222. The molecule has 0 aliphatic heterocycles. The van der Waals surface area contributed by atoms with Crippen LogP contribution in [0.2, 0.25) is 0 Å². The third kappa shape index (κ3) is 11.2. The molecule has 0 rings (SSSR count). The Morgan fingerprint density at radius 1 is 0.619 bits per heavy atom. The first kappa shape index (κ1) is 20.9. The third-order valence-electron chi connectivity index (χ3n) is 3.69. The van der Waals surface area contributed by atoms with Crippen LogP contribution in [0.5, 0.6) is 0 Å². The molecule has 0 unspecified atom stereocenters. The predicted octanol–water partition coefficient (Wildman–Crippen LogP) is 6.47. The second-order valence-electron chi connectivity index (χ2n) is 6.87. The van der Waals surface area contributed by atoms with E-state index in [2.05, 4.69) is 41.5 Å². The van der Waals surface area contributed by atoms with Crippen molar-refractivity contribution in [1.82, 2.24) is 0 Å². The van der Waals surface area contributed by atoms with Gasteiger partial charge in [0.1, 0.15) is 0 Å². The SMILES string of the molecule is CCCCCCCCCC(CCC)(OC(C)C)OC(C)C. The van der Waals surface area contributed by atoms with Gasteiger partial charge in [-0.15, -0.1) is 0 Å². The van der Waals surface area contributed by atoms with Gasteiger partial charge in [-0.1, -0.05) is 58.8 Å². The van der Waals surface area contributed by atoms with Crippen LogP contribution in [0.15, 0.2) is 0 Å². The van der Waals surface area contributed by atoms with Crippen LogP contribution in [0, 0.1) is 0 Å². The second-order valence-corrected chi connectivity index (χ2v) is 6.87. The highest BCUT2D eigenvalue weighted by molar-refractivity contribution is 4.72. The average molecular weight is 301 g/mol. The molecular weight excluding hydrogens is 260 g/mol. The topological polar surface area (TPSA) is 18.5 Å². The minimum atomic E-state index is -0.361. The molecule has 0 radical (unpaired) electrons.